The predicted octanol–water partition coefficient (Wildman–Crippen LogP) is 6.22. The molecule has 1 aliphatic rings. The van der Waals surface area contributed by atoms with Gasteiger partial charge in [0.25, 0.3) is 16.8 Å². The molecule has 0 unspecified atom stereocenters. The number of hydrogen-bond acceptors (Lipinski definition) is 8. The Morgan fingerprint density at radius 2 is 1.80 bits per heavy atom. The zero-order valence-electron chi connectivity index (χ0n) is 21.7. The molecule has 0 spiro atoms. The molecular weight excluding hydrogens is 532 g/mol. The number of benzene rings is 3. The first-order valence-electron chi connectivity index (χ1n) is 12.4. The number of imide groups is 1. The van der Waals surface area contributed by atoms with Crippen molar-refractivity contribution < 1.29 is 28.8 Å². The minimum absolute atomic E-state index is 0.159. The van der Waals surface area contributed by atoms with Crippen LogP contribution >= 0.6 is 11.8 Å². The van der Waals surface area contributed by atoms with Crippen LogP contribution in [0.2, 0.25) is 0 Å². The molecule has 0 atom stereocenters. The van der Waals surface area contributed by atoms with Gasteiger partial charge in [-0.25, -0.2) is 0 Å². The van der Waals surface area contributed by atoms with Gasteiger partial charge in [-0.1, -0.05) is 36.4 Å². The van der Waals surface area contributed by atoms with Crippen LogP contribution < -0.4 is 9.47 Å². The molecule has 0 saturated carbocycles. The van der Waals surface area contributed by atoms with E-state index in [0.29, 0.717) is 36.7 Å². The molecule has 0 aromatic heterocycles. The third-order valence-electron chi connectivity index (χ3n) is 5.92. The van der Waals surface area contributed by atoms with Crippen LogP contribution in [0.25, 0.3) is 6.08 Å². The summed E-state index contributed by atoms with van der Waals surface area (Å²) in [6, 6.07) is 18.3. The maximum Gasteiger partial charge on any atom is 0.293 e. The first-order valence-corrected chi connectivity index (χ1v) is 13.2. The molecule has 9 nitrogen and oxygen atoms in total. The number of nitro groups is 1. The first-order chi connectivity index (χ1) is 19.3. The summed E-state index contributed by atoms with van der Waals surface area (Å²) in [4.78, 5) is 49.7. The smallest absolute Gasteiger partial charge is 0.293 e. The van der Waals surface area contributed by atoms with Crippen molar-refractivity contribution in [1.29, 1.82) is 0 Å². The van der Waals surface area contributed by atoms with Crippen molar-refractivity contribution in [2.75, 3.05) is 13.2 Å². The highest BCUT2D eigenvalue weighted by Crippen LogP contribution is 2.38. The van der Waals surface area contributed by atoms with Crippen molar-refractivity contribution in [3.63, 3.8) is 0 Å². The number of allylic oxidation sites excluding steroid dienone is 1. The number of nitrogens with zero attached hydrogens (tertiary/aromatic N) is 2. The minimum atomic E-state index is -0.599. The Labute approximate surface area is 235 Å². The van der Waals surface area contributed by atoms with Gasteiger partial charge in [-0.2, -0.15) is 0 Å². The molecule has 40 heavy (non-hydrogen) atoms. The van der Waals surface area contributed by atoms with Gasteiger partial charge in [-0.05, 0) is 66.6 Å². The van der Waals surface area contributed by atoms with Gasteiger partial charge < -0.3 is 9.47 Å². The summed E-state index contributed by atoms with van der Waals surface area (Å²) in [7, 11) is 0. The molecular formula is C30H26N2O7S. The van der Waals surface area contributed by atoms with Gasteiger partial charge in [0, 0.05) is 23.3 Å². The van der Waals surface area contributed by atoms with Crippen molar-refractivity contribution in [1.82, 2.24) is 4.90 Å². The number of Topliss-reactive ketones (excluding diaryl/α,β-unsaturated/α-hetero) is 1. The third-order valence-corrected chi connectivity index (χ3v) is 6.82. The van der Waals surface area contributed by atoms with Crippen molar-refractivity contribution >= 4 is 40.5 Å². The summed E-state index contributed by atoms with van der Waals surface area (Å²) in [6.07, 6.45) is 3.80. The first kappa shape index (κ1) is 28.3. The largest absolute Gasteiger partial charge is 0.490 e. The van der Waals surface area contributed by atoms with Crippen LogP contribution in [0.5, 0.6) is 11.5 Å². The fourth-order valence-corrected chi connectivity index (χ4v) is 4.86. The number of ketones is 1. The van der Waals surface area contributed by atoms with Crippen LogP contribution in [0.3, 0.4) is 0 Å². The lowest BCUT2D eigenvalue weighted by atomic mass is 10.0. The van der Waals surface area contributed by atoms with Crippen LogP contribution in [0.4, 0.5) is 10.5 Å². The van der Waals surface area contributed by atoms with Crippen molar-refractivity contribution in [2.45, 2.75) is 20.0 Å². The van der Waals surface area contributed by atoms with Crippen LogP contribution in [-0.2, 0) is 17.8 Å². The lowest BCUT2D eigenvalue weighted by Gasteiger charge is -2.17. The van der Waals surface area contributed by atoms with E-state index in [1.165, 1.54) is 24.3 Å². The highest BCUT2D eigenvalue weighted by atomic mass is 32.2. The molecule has 204 valence electrons. The molecule has 10 heteroatoms. The fraction of sp³-hybridized carbons (Fsp3) is 0.167. The number of ether oxygens (including phenoxy) is 2. The van der Waals surface area contributed by atoms with Gasteiger partial charge >= 0.3 is 0 Å². The number of carbonyl (C=O) groups excluding carboxylic acids is 3. The summed E-state index contributed by atoms with van der Waals surface area (Å²) >= 11 is 0.735. The van der Waals surface area contributed by atoms with E-state index in [1.54, 1.807) is 18.2 Å². The van der Waals surface area contributed by atoms with Crippen LogP contribution in [0, 0.1) is 10.1 Å². The highest BCUT2D eigenvalue weighted by molar-refractivity contribution is 8.18. The Morgan fingerprint density at radius 1 is 1.07 bits per heavy atom. The molecule has 3 aromatic carbocycles. The highest BCUT2D eigenvalue weighted by Gasteiger charge is 2.36. The Balaban J connectivity index is 1.56. The Morgan fingerprint density at radius 3 is 2.45 bits per heavy atom. The van der Waals surface area contributed by atoms with Gasteiger partial charge in [0.1, 0.15) is 6.61 Å². The maximum atomic E-state index is 13.1. The summed E-state index contributed by atoms with van der Waals surface area (Å²) < 4.78 is 12.0. The van der Waals surface area contributed by atoms with E-state index in [4.69, 9.17) is 9.47 Å². The molecule has 1 heterocycles. The number of thioether (sulfide) groups is 1. The van der Waals surface area contributed by atoms with Crippen LogP contribution in [0.15, 0.2) is 84.3 Å². The molecule has 0 radical (unpaired) electrons. The zero-order chi connectivity index (χ0) is 28.6. The lowest BCUT2D eigenvalue weighted by Crippen LogP contribution is -2.33. The van der Waals surface area contributed by atoms with Crippen molar-refractivity contribution in [2.24, 2.45) is 0 Å². The van der Waals surface area contributed by atoms with E-state index in [2.05, 4.69) is 6.58 Å². The quantitative estimate of drug-likeness (QED) is 0.0846. The zero-order valence-corrected chi connectivity index (χ0v) is 22.5. The number of amides is 2. The van der Waals surface area contributed by atoms with E-state index < -0.39 is 28.4 Å². The van der Waals surface area contributed by atoms with E-state index in [0.717, 1.165) is 27.8 Å². The summed E-state index contributed by atoms with van der Waals surface area (Å²) in [5, 5.41) is 10.3. The Hall–Kier alpha value is -4.70. The molecule has 1 fully saturated rings. The lowest BCUT2D eigenvalue weighted by molar-refractivity contribution is -0.384. The molecule has 3 aromatic rings. The van der Waals surface area contributed by atoms with Gasteiger partial charge in [0.05, 0.1) is 23.0 Å². The molecule has 1 saturated heterocycles. The average molecular weight is 559 g/mol. The molecule has 0 aliphatic carbocycles. The van der Waals surface area contributed by atoms with Crippen LogP contribution in [-0.4, -0.2) is 39.9 Å². The standard InChI is InChI=1S/C30H26N2O7S/c1-3-8-23-15-21(16-26(38-4-2)28(23)39-19-20-9-6-5-7-10-20)17-27-29(34)31(30(35)40-27)18-25(33)22-11-13-24(14-12-22)32(36)37/h3,5-7,9-17H,1,4,8,18-19H2,2H3/b27-17-. The monoisotopic (exact) mass is 558 g/mol. The summed E-state index contributed by atoms with van der Waals surface area (Å²) in [6.45, 7) is 5.94. The van der Waals surface area contributed by atoms with E-state index >= 15 is 0 Å². The molecule has 0 N–H and O–H groups in total. The Bertz CT molecular complexity index is 1480. The summed E-state index contributed by atoms with van der Waals surface area (Å²) in [5.41, 5.74) is 2.42. The number of non-ortho nitro benzene ring substituents is 1. The van der Waals surface area contributed by atoms with E-state index in [9.17, 15) is 24.5 Å². The number of hydrogen-bond donors (Lipinski definition) is 0. The fourth-order valence-electron chi connectivity index (χ4n) is 4.02. The van der Waals surface area contributed by atoms with Gasteiger partial charge in [-0.15, -0.1) is 6.58 Å². The van der Waals surface area contributed by atoms with Crippen molar-refractivity contribution in [3.8, 4) is 11.5 Å². The number of nitro benzene ring substituents is 1. The average Bonchev–Trinajstić information content (AvgIpc) is 3.20. The Kier molecular flexibility index (Phi) is 9.13. The van der Waals surface area contributed by atoms with Gasteiger partial charge in [-0.3, -0.25) is 29.4 Å². The third kappa shape index (κ3) is 6.65. The molecule has 2 amide bonds. The molecule has 1 aliphatic heterocycles. The molecule has 4 rings (SSSR count). The minimum Gasteiger partial charge on any atom is -0.490 e. The number of carbonyl (C=O) groups is 3. The molecule has 0 bridgehead atoms. The number of rotatable bonds is 12. The van der Waals surface area contributed by atoms with Gasteiger partial charge in [0.15, 0.2) is 17.3 Å². The topological polar surface area (TPSA) is 116 Å². The maximum absolute atomic E-state index is 13.1. The van der Waals surface area contributed by atoms with E-state index in [1.807, 2.05) is 43.3 Å². The summed E-state index contributed by atoms with van der Waals surface area (Å²) in [5.74, 6) is -0.0377. The van der Waals surface area contributed by atoms with Crippen molar-refractivity contribution in [3.05, 3.63) is 117 Å². The SMILES string of the molecule is C=CCc1cc(/C=C2\SC(=O)N(CC(=O)c3ccc([N+](=O)[O-])cc3)C2=O)cc(OCC)c1OCc1ccccc1. The second kappa shape index (κ2) is 12.9. The second-order valence-corrected chi connectivity index (χ2v) is 9.70. The van der Waals surface area contributed by atoms with Crippen LogP contribution in [0.1, 0.15) is 34.0 Å². The van der Waals surface area contributed by atoms with E-state index in [-0.39, 0.29) is 16.2 Å². The van der Waals surface area contributed by atoms with Gasteiger partial charge in [0.2, 0.25) is 0 Å². The second-order valence-electron chi connectivity index (χ2n) is 8.70. The predicted molar refractivity (Wildman–Crippen MR) is 152 cm³/mol. The normalized spacial score (nSPS) is 13.9.